The van der Waals surface area contributed by atoms with Crippen molar-refractivity contribution in [2.45, 2.75) is 0 Å². The Morgan fingerprint density at radius 3 is 2.34 bits per heavy atom. The first kappa shape index (κ1) is 25.4. The number of nitrogens with one attached hydrogen (secondary N) is 2. The van der Waals surface area contributed by atoms with Gasteiger partial charge in [-0.3, -0.25) is 10.1 Å². The minimum absolute atomic E-state index is 0.163. The van der Waals surface area contributed by atoms with Crippen LogP contribution in [-0.4, -0.2) is 63.3 Å². The van der Waals surface area contributed by atoms with Crippen molar-refractivity contribution in [3.8, 4) is 5.75 Å². The summed E-state index contributed by atoms with van der Waals surface area (Å²) >= 11 is 8.90. The van der Waals surface area contributed by atoms with Crippen molar-refractivity contribution in [3.05, 3.63) is 64.6 Å². The van der Waals surface area contributed by atoms with Crippen LogP contribution in [0.15, 0.2) is 59.1 Å². The highest BCUT2D eigenvalue weighted by Crippen LogP contribution is 2.36. The Kier molecular flexibility index (Phi) is 7.60. The smallest absolute Gasteiger partial charge is 0.261 e. The van der Waals surface area contributed by atoms with Gasteiger partial charge in [-0.1, -0.05) is 24.3 Å². The van der Waals surface area contributed by atoms with E-state index in [1.54, 1.807) is 6.07 Å². The summed E-state index contributed by atoms with van der Waals surface area (Å²) in [5.41, 5.74) is 2.08. The van der Waals surface area contributed by atoms with Crippen molar-refractivity contribution < 1.29 is 17.9 Å². The van der Waals surface area contributed by atoms with E-state index in [-0.39, 0.29) is 11.0 Å². The highest BCUT2D eigenvalue weighted by atomic mass is 79.9. The number of carbonyl (C=O) groups excluding carboxylic acids is 1. The number of carbonyl (C=O) groups is 1. The first-order chi connectivity index (χ1) is 16.7. The molecular weight excluding hydrogens is 552 g/mol. The molecule has 0 unspecified atom stereocenters. The number of amides is 1. The van der Waals surface area contributed by atoms with Crippen LogP contribution in [-0.2, 0) is 10.0 Å². The molecule has 1 amide bonds. The van der Waals surface area contributed by atoms with E-state index in [2.05, 4.69) is 31.5 Å². The number of anilines is 2. The number of sulfonamides is 1. The molecule has 2 N–H and O–H groups in total. The van der Waals surface area contributed by atoms with E-state index < -0.39 is 10.0 Å². The number of methoxy groups -OCH3 is 1. The highest BCUT2D eigenvalue weighted by Gasteiger charge is 2.23. The predicted octanol–water partition coefficient (Wildman–Crippen LogP) is 3.82. The second kappa shape index (κ2) is 10.5. The van der Waals surface area contributed by atoms with Gasteiger partial charge in [-0.2, -0.15) is 4.31 Å². The SMILES string of the molecule is COc1c(C(=O)NC(=S)Nc2ccc(N3CCN(S(C)(=O)=O)CC3)cc2)cc2ccccc2c1Br. The van der Waals surface area contributed by atoms with Gasteiger partial charge in [-0.25, -0.2) is 8.42 Å². The maximum atomic E-state index is 13.0. The third-order valence-electron chi connectivity index (χ3n) is 5.81. The van der Waals surface area contributed by atoms with E-state index in [1.807, 2.05) is 48.5 Å². The average molecular weight is 578 g/mol. The van der Waals surface area contributed by atoms with Crippen LogP contribution < -0.4 is 20.3 Å². The molecule has 0 aromatic heterocycles. The normalized spacial score (nSPS) is 14.5. The Balaban J connectivity index is 1.40. The maximum Gasteiger partial charge on any atom is 0.261 e. The van der Waals surface area contributed by atoms with Crippen molar-refractivity contribution >= 4 is 71.3 Å². The number of nitrogens with zero attached hydrogens (tertiary/aromatic N) is 2. The van der Waals surface area contributed by atoms with Gasteiger partial charge in [-0.15, -0.1) is 0 Å². The van der Waals surface area contributed by atoms with Crippen molar-refractivity contribution in [1.82, 2.24) is 9.62 Å². The fraction of sp³-hybridized carbons (Fsp3) is 0.250. The van der Waals surface area contributed by atoms with Gasteiger partial charge < -0.3 is 15.0 Å². The number of piperazine rings is 1. The molecule has 3 aromatic carbocycles. The molecule has 0 radical (unpaired) electrons. The molecule has 0 aliphatic carbocycles. The third-order valence-corrected chi connectivity index (χ3v) is 8.11. The molecule has 184 valence electrons. The fourth-order valence-corrected chi connectivity index (χ4v) is 5.79. The number of fused-ring (bicyclic) bond motifs is 1. The first-order valence-electron chi connectivity index (χ1n) is 10.8. The number of halogens is 1. The van der Waals surface area contributed by atoms with Crippen LogP contribution in [0.2, 0.25) is 0 Å². The second-order valence-electron chi connectivity index (χ2n) is 8.10. The van der Waals surface area contributed by atoms with Crippen molar-refractivity contribution in [2.24, 2.45) is 0 Å². The Morgan fingerprint density at radius 1 is 1.06 bits per heavy atom. The zero-order valence-corrected chi connectivity index (χ0v) is 22.5. The largest absolute Gasteiger partial charge is 0.495 e. The minimum atomic E-state index is -3.16. The summed E-state index contributed by atoms with van der Waals surface area (Å²) in [7, 11) is -1.64. The molecule has 0 saturated carbocycles. The van der Waals surface area contributed by atoms with Crippen LogP contribution in [0.4, 0.5) is 11.4 Å². The summed E-state index contributed by atoms with van der Waals surface area (Å²) in [6, 6.07) is 17.1. The van der Waals surface area contributed by atoms with Gasteiger partial charge in [0, 0.05) is 37.6 Å². The zero-order chi connectivity index (χ0) is 25.2. The van der Waals surface area contributed by atoms with E-state index >= 15 is 0 Å². The number of thiocarbonyl (C=S) groups is 1. The monoisotopic (exact) mass is 576 g/mol. The molecule has 3 aromatic rings. The van der Waals surface area contributed by atoms with E-state index in [4.69, 9.17) is 17.0 Å². The van der Waals surface area contributed by atoms with Gasteiger partial charge in [0.05, 0.1) is 23.4 Å². The molecule has 4 rings (SSSR count). The molecule has 1 fully saturated rings. The molecule has 11 heteroatoms. The number of rotatable bonds is 5. The Labute approximate surface area is 218 Å². The van der Waals surface area contributed by atoms with Crippen LogP contribution in [0.1, 0.15) is 10.4 Å². The standard InChI is InChI=1S/C24H25BrN4O4S2/c1-33-22-20(15-16-5-3-4-6-19(16)21(22)25)23(30)27-24(34)26-17-7-9-18(10-8-17)28-11-13-29(14-12-28)35(2,31)32/h3-10,15H,11-14H2,1-2H3,(H2,26,27,30,34). The molecule has 8 nitrogen and oxygen atoms in total. The highest BCUT2D eigenvalue weighted by molar-refractivity contribution is 9.10. The van der Waals surface area contributed by atoms with Gasteiger partial charge in [0.2, 0.25) is 10.0 Å². The molecule has 0 bridgehead atoms. The minimum Gasteiger partial charge on any atom is -0.495 e. The Morgan fingerprint density at radius 2 is 1.71 bits per heavy atom. The number of hydrogen-bond acceptors (Lipinski definition) is 6. The van der Waals surface area contributed by atoms with Crippen LogP contribution in [0.5, 0.6) is 5.75 Å². The topological polar surface area (TPSA) is 91.0 Å². The zero-order valence-electron chi connectivity index (χ0n) is 19.2. The fourth-order valence-electron chi connectivity index (χ4n) is 4.02. The third kappa shape index (κ3) is 5.75. The molecule has 35 heavy (non-hydrogen) atoms. The van der Waals surface area contributed by atoms with E-state index in [1.165, 1.54) is 17.7 Å². The van der Waals surface area contributed by atoms with Gasteiger partial charge in [0.1, 0.15) is 5.75 Å². The second-order valence-corrected chi connectivity index (χ2v) is 11.3. The first-order valence-corrected chi connectivity index (χ1v) is 13.9. The summed E-state index contributed by atoms with van der Waals surface area (Å²) < 4.78 is 31.1. The van der Waals surface area contributed by atoms with Crippen LogP contribution in [0.25, 0.3) is 10.8 Å². The van der Waals surface area contributed by atoms with E-state index in [0.717, 1.165) is 22.1 Å². The summed E-state index contributed by atoms with van der Waals surface area (Å²) in [6.07, 6.45) is 1.24. The molecule has 1 aliphatic heterocycles. The van der Waals surface area contributed by atoms with Gasteiger partial charge in [-0.05, 0) is 69.3 Å². The summed E-state index contributed by atoms with van der Waals surface area (Å²) in [6.45, 7) is 2.17. The van der Waals surface area contributed by atoms with Crippen LogP contribution in [0.3, 0.4) is 0 Å². The van der Waals surface area contributed by atoms with Crippen LogP contribution in [0, 0.1) is 0 Å². The number of hydrogen-bond donors (Lipinski definition) is 2. The lowest BCUT2D eigenvalue weighted by atomic mass is 10.1. The van der Waals surface area contributed by atoms with Crippen molar-refractivity contribution in [2.75, 3.05) is 49.8 Å². The Hall–Kier alpha value is -2.73. The number of ether oxygens (including phenoxy) is 1. The predicted molar refractivity (Wildman–Crippen MR) is 147 cm³/mol. The lowest BCUT2D eigenvalue weighted by Crippen LogP contribution is -2.48. The Bertz CT molecular complexity index is 1370. The van der Waals surface area contributed by atoms with Crippen molar-refractivity contribution in [3.63, 3.8) is 0 Å². The molecule has 1 aliphatic rings. The van der Waals surface area contributed by atoms with E-state index in [9.17, 15) is 13.2 Å². The van der Waals surface area contributed by atoms with Crippen molar-refractivity contribution in [1.29, 1.82) is 0 Å². The van der Waals surface area contributed by atoms with Gasteiger partial charge in [0.15, 0.2) is 5.11 Å². The van der Waals surface area contributed by atoms with Gasteiger partial charge in [0.25, 0.3) is 5.91 Å². The average Bonchev–Trinajstić information content (AvgIpc) is 2.84. The molecule has 1 saturated heterocycles. The quantitative estimate of drug-likeness (QED) is 0.446. The van der Waals surface area contributed by atoms with Gasteiger partial charge >= 0.3 is 0 Å². The molecule has 0 atom stereocenters. The van der Waals surface area contributed by atoms with E-state index in [0.29, 0.717) is 42.0 Å². The lowest BCUT2D eigenvalue weighted by Gasteiger charge is -2.34. The lowest BCUT2D eigenvalue weighted by molar-refractivity contribution is 0.0975. The summed E-state index contributed by atoms with van der Waals surface area (Å²) in [5.74, 6) is 0.0514. The summed E-state index contributed by atoms with van der Waals surface area (Å²) in [5, 5.41) is 7.75. The molecule has 1 heterocycles. The molecule has 0 spiro atoms. The number of benzene rings is 3. The molecular formula is C24H25BrN4O4S2. The summed E-state index contributed by atoms with van der Waals surface area (Å²) in [4.78, 5) is 15.1. The van der Waals surface area contributed by atoms with Crippen LogP contribution >= 0.6 is 28.1 Å². The maximum absolute atomic E-state index is 13.0.